The average Bonchev–Trinajstić information content (AvgIpc) is 3.20. The number of ether oxygens (including phenoxy) is 1. The zero-order valence-corrected chi connectivity index (χ0v) is 11.5. The lowest BCUT2D eigenvalue weighted by molar-refractivity contribution is -0.117. The molecule has 0 bridgehead atoms. The summed E-state index contributed by atoms with van der Waals surface area (Å²) in [5.41, 5.74) is 1.36. The molecule has 0 atom stereocenters. The average molecular weight is 261 g/mol. The van der Waals surface area contributed by atoms with Crippen LogP contribution in [0.25, 0.3) is 0 Å². The molecular weight excluding hydrogens is 242 g/mol. The normalized spacial score (nSPS) is 14.3. The first-order valence-corrected chi connectivity index (χ1v) is 6.56. The molecule has 4 heteroatoms. The van der Waals surface area contributed by atoms with Crippen molar-refractivity contribution in [3.8, 4) is 5.75 Å². The SMILES string of the molecule is COc1ccc(C(C)C)cc1C(=O)C(=O)NC1CC1. The van der Waals surface area contributed by atoms with Gasteiger partial charge in [0.05, 0.1) is 12.7 Å². The Labute approximate surface area is 113 Å². The number of carbonyl (C=O) groups is 2. The van der Waals surface area contributed by atoms with Gasteiger partial charge in [-0.3, -0.25) is 9.59 Å². The molecule has 1 saturated carbocycles. The predicted molar refractivity (Wildman–Crippen MR) is 72.6 cm³/mol. The molecule has 1 aliphatic rings. The fraction of sp³-hybridized carbons (Fsp3) is 0.467. The molecule has 1 amide bonds. The van der Waals surface area contributed by atoms with E-state index in [0.717, 1.165) is 18.4 Å². The summed E-state index contributed by atoms with van der Waals surface area (Å²) in [6.07, 6.45) is 1.92. The molecule has 19 heavy (non-hydrogen) atoms. The quantitative estimate of drug-likeness (QED) is 0.653. The van der Waals surface area contributed by atoms with E-state index in [1.807, 2.05) is 19.9 Å². The topological polar surface area (TPSA) is 55.4 Å². The van der Waals surface area contributed by atoms with Crippen molar-refractivity contribution >= 4 is 11.7 Å². The molecule has 1 aromatic rings. The molecule has 0 spiro atoms. The second-order valence-corrected chi connectivity index (χ2v) is 5.19. The van der Waals surface area contributed by atoms with E-state index in [2.05, 4.69) is 5.32 Å². The van der Waals surface area contributed by atoms with E-state index in [-0.39, 0.29) is 6.04 Å². The first-order chi connectivity index (χ1) is 9.02. The third kappa shape index (κ3) is 3.13. The molecule has 0 aromatic heterocycles. The van der Waals surface area contributed by atoms with Crippen LogP contribution in [0.3, 0.4) is 0 Å². The molecule has 0 unspecified atom stereocenters. The summed E-state index contributed by atoms with van der Waals surface area (Å²) < 4.78 is 5.17. The van der Waals surface area contributed by atoms with Crippen molar-refractivity contribution in [2.45, 2.75) is 38.6 Å². The highest BCUT2D eigenvalue weighted by Gasteiger charge is 2.28. The van der Waals surface area contributed by atoms with Gasteiger partial charge < -0.3 is 10.1 Å². The molecule has 1 N–H and O–H groups in total. The Morgan fingerprint density at radius 1 is 1.32 bits per heavy atom. The van der Waals surface area contributed by atoms with E-state index in [1.54, 1.807) is 12.1 Å². The molecule has 0 saturated heterocycles. The van der Waals surface area contributed by atoms with E-state index < -0.39 is 11.7 Å². The van der Waals surface area contributed by atoms with Crippen LogP contribution in [0.1, 0.15) is 48.5 Å². The predicted octanol–water partition coefficient (Wildman–Crippen LogP) is 2.28. The number of amides is 1. The van der Waals surface area contributed by atoms with E-state index in [1.165, 1.54) is 7.11 Å². The summed E-state index contributed by atoms with van der Waals surface area (Å²) in [6.45, 7) is 4.08. The minimum atomic E-state index is -0.540. The number of hydrogen-bond acceptors (Lipinski definition) is 3. The molecule has 4 nitrogen and oxygen atoms in total. The Kier molecular flexibility index (Phi) is 3.88. The number of rotatable bonds is 5. The molecule has 2 rings (SSSR count). The van der Waals surface area contributed by atoms with Crippen molar-refractivity contribution in [1.29, 1.82) is 0 Å². The second kappa shape index (κ2) is 5.43. The minimum absolute atomic E-state index is 0.177. The summed E-state index contributed by atoms with van der Waals surface area (Å²) >= 11 is 0. The Morgan fingerprint density at radius 2 is 2.00 bits per heavy atom. The van der Waals surface area contributed by atoms with Crippen molar-refractivity contribution in [3.05, 3.63) is 29.3 Å². The third-order valence-electron chi connectivity index (χ3n) is 3.25. The number of benzene rings is 1. The number of methoxy groups -OCH3 is 1. The fourth-order valence-electron chi connectivity index (χ4n) is 1.86. The maximum absolute atomic E-state index is 12.2. The van der Waals surface area contributed by atoms with Crippen LogP contribution < -0.4 is 10.1 Å². The molecule has 1 aromatic carbocycles. The maximum Gasteiger partial charge on any atom is 0.292 e. The Hall–Kier alpha value is -1.84. The zero-order chi connectivity index (χ0) is 14.0. The Bertz CT molecular complexity index is 504. The smallest absolute Gasteiger partial charge is 0.292 e. The molecule has 0 heterocycles. The largest absolute Gasteiger partial charge is 0.496 e. The molecular formula is C15H19NO3. The number of hydrogen-bond donors (Lipinski definition) is 1. The van der Waals surface area contributed by atoms with Crippen LogP contribution in [-0.4, -0.2) is 24.8 Å². The summed E-state index contributed by atoms with van der Waals surface area (Å²) in [5, 5.41) is 2.71. The second-order valence-electron chi connectivity index (χ2n) is 5.19. The van der Waals surface area contributed by atoms with Crippen molar-refractivity contribution in [1.82, 2.24) is 5.32 Å². The lowest BCUT2D eigenvalue weighted by Crippen LogP contribution is -2.32. The van der Waals surface area contributed by atoms with Gasteiger partial charge in [0.15, 0.2) is 0 Å². The first kappa shape index (κ1) is 13.6. The van der Waals surface area contributed by atoms with Crippen LogP contribution >= 0.6 is 0 Å². The zero-order valence-electron chi connectivity index (χ0n) is 11.5. The third-order valence-corrected chi connectivity index (χ3v) is 3.25. The van der Waals surface area contributed by atoms with E-state index in [4.69, 9.17) is 4.74 Å². The summed E-state index contributed by atoms with van der Waals surface area (Å²) in [6, 6.07) is 5.58. The Balaban J connectivity index is 2.26. The highest BCUT2D eigenvalue weighted by Crippen LogP contribution is 2.25. The summed E-state index contributed by atoms with van der Waals surface area (Å²) in [5.74, 6) is -0.322. The van der Waals surface area contributed by atoms with Crippen molar-refractivity contribution < 1.29 is 14.3 Å². The van der Waals surface area contributed by atoms with Gasteiger partial charge in [0.1, 0.15) is 5.75 Å². The maximum atomic E-state index is 12.2. The van der Waals surface area contributed by atoms with Gasteiger partial charge in [-0.2, -0.15) is 0 Å². The lowest BCUT2D eigenvalue weighted by Gasteiger charge is -2.12. The van der Waals surface area contributed by atoms with Gasteiger partial charge in [0.2, 0.25) is 0 Å². The van der Waals surface area contributed by atoms with Gasteiger partial charge in [0, 0.05) is 6.04 Å². The van der Waals surface area contributed by atoms with Gasteiger partial charge >= 0.3 is 0 Å². The monoisotopic (exact) mass is 261 g/mol. The highest BCUT2D eigenvalue weighted by molar-refractivity contribution is 6.43. The first-order valence-electron chi connectivity index (χ1n) is 6.56. The molecule has 1 aliphatic carbocycles. The highest BCUT2D eigenvalue weighted by atomic mass is 16.5. The van der Waals surface area contributed by atoms with Crippen LogP contribution in [0.4, 0.5) is 0 Å². The van der Waals surface area contributed by atoms with Crippen LogP contribution in [-0.2, 0) is 4.79 Å². The number of ketones is 1. The van der Waals surface area contributed by atoms with Crippen molar-refractivity contribution in [2.24, 2.45) is 0 Å². The Morgan fingerprint density at radius 3 is 2.53 bits per heavy atom. The number of nitrogens with one attached hydrogen (secondary N) is 1. The fourth-order valence-corrected chi connectivity index (χ4v) is 1.86. The lowest BCUT2D eigenvalue weighted by atomic mass is 9.98. The molecule has 102 valence electrons. The van der Waals surface area contributed by atoms with Gasteiger partial charge in [-0.15, -0.1) is 0 Å². The molecule has 0 radical (unpaired) electrons. The van der Waals surface area contributed by atoms with Crippen LogP contribution in [0, 0.1) is 0 Å². The standard InChI is InChI=1S/C15H19NO3/c1-9(2)10-4-7-13(19-3)12(8-10)14(17)15(18)16-11-5-6-11/h4,7-9,11H,5-6H2,1-3H3,(H,16,18). The van der Waals surface area contributed by atoms with Crippen molar-refractivity contribution in [2.75, 3.05) is 7.11 Å². The number of Topliss-reactive ketones (excluding diaryl/α,β-unsaturated/α-hetero) is 1. The number of carbonyl (C=O) groups excluding carboxylic acids is 2. The van der Waals surface area contributed by atoms with Crippen LogP contribution in [0.2, 0.25) is 0 Å². The van der Waals surface area contributed by atoms with Gasteiger partial charge in [-0.1, -0.05) is 19.9 Å². The van der Waals surface area contributed by atoms with Gasteiger partial charge in [-0.25, -0.2) is 0 Å². The van der Waals surface area contributed by atoms with Gasteiger partial charge in [0.25, 0.3) is 11.7 Å². The minimum Gasteiger partial charge on any atom is -0.496 e. The summed E-state index contributed by atoms with van der Waals surface area (Å²) in [4.78, 5) is 24.0. The van der Waals surface area contributed by atoms with Gasteiger partial charge in [-0.05, 0) is 36.5 Å². The summed E-state index contributed by atoms with van der Waals surface area (Å²) in [7, 11) is 1.50. The van der Waals surface area contributed by atoms with E-state index in [0.29, 0.717) is 17.2 Å². The van der Waals surface area contributed by atoms with E-state index in [9.17, 15) is 9.59 Å². The van der Waals surface area contributed by atoms with Crippen LogP contribution in [0.5, 0.6) is 5.75 Å². The molecule has 1 fully saturated rings. The van der Waals surface area contributed by atoms with Crippen LogP contribution in [0.15, 0.2) is 18.2 Å². The van der Waals surface area contributed by atoms with E-state index >= 15 is 0 Å². The van der Waals surface area contributed by atoms with Crippen molar-refractivity contribution in [3.63, 3.8) is 0 Å². The molecule has 0 aliphatic heterocycles.